The summed E-state index contributed by atoms with van der Waals surface area (Å²) in [5.41, 5.74) is 0. The van der Waals surface area contributed by atoms with Crippen LogP contribution in [0.5, 0.6) is 5.75 Å². The minimum absolute atomic E-state index is 0.00995. The van der Waals surface area contributed by atoms with Crippen molar-refractivity contribution < 1.29 is 9.53 Å². The first-order chi connectivity index (χ1) is 9.19. The molecular formula is C15H16ClNO2. The van der Waals surface area contributed by atoms with E-state index in [0.717, 1.165) is 6.54 Å². The molecule has 0 N–H and O–H groups in total. The molecule has 0 heterocycles. The van der Waals surface area contributed by atoms with E-state index in [2.05, 4.69) is 5.92 Å². The Kier molecular flexibility index (Phi) is 4.70. The van der Waals surface area contributed by atoms with Crippen molar-refractivity contribution in [2.24, 2.45) is 5.92 Å². The third kappa shape index (κ3) is 4.50. The quantitative estimate of drug-likeness (QED) is 0.748. The van der Waals surface area contributed by atoms with Gasteiger partial charge in [0.25, 0.3) is 5.91 Å². The fourth-order valence-corrected chi connectivity index (χ4v) is 1.87. The molecule has 1 saturated carbocycles. The van der Waals surface area contributed by atoms with Gasteiger partial charge in [0.05, 0.1) is 6.54 Å². The van der Waals surface area contributed by atoms with E-state index < -0.39 is 0 Å². The van der Waals surface area contributed by atoms with Crippen LogP contribution < -0.4 is 4.74 Å². The van der Waals surface area contributed by atoms with Crippen LogP contribution in [-0.2, 0) is 4.79 Å². The highest BCUT2D eigenvalue weighted by Crippen LogP contribution is 2.29. The first-order valence-electron chi connectivity index (χ1n) is 6.28. The Morgan fingerprint density at radius 1 is 1.42 bits per heavy atom. The van der Waals surface area contributed by atoms with E-state index in [1.54, 1.807) is 29.2 Å². The Morgan fingerprint density at radius 2 is 2.11 bits per heavy atom. The van der Waals surface area contributed by atoms with Crippen LogP contribution in [0.1, 0.15) is 12.8 Å². The Balaban J connectivity index is 1.84. The summed E-state index contributed by atoms with van der Waals surface area (Å²) in [5.74, 6) is 3.70. The standard InChI is InChI=1S/C15H16ClNO2/c1-2-9-17(10-12-3-4-12)15(18)11-19-14-7-5-13(16)6-8-14/h1,5-8,12H,3-4,9-11H2. The van der Waals surface area contributed by atoms with Crippen LogP contribution in [0.2, 0.25) is 5.02 Å². The molecule has 4 heteroatoms. The Hall–Kier alpha value is -1.66. The minimum Gasteiger partial charge on any atom is -0.484 e. The zero-order valence-electron chi connectivity index (χ0n) is 10.6. The number of rotatable bonds is 6. The SMILES string of the molecule is C#CCN(CC1CC1)C(=O)COc1ccc(Cl)cc1. The number of nitrogens with zero attached hydrogens (tertiary/aromatic N) is 1. The van der Waals surface area contributed by atoms with Crippen LogP contribution >= 0.6 is 11.6 Å². The first kappa shape index (κ1) is 13.8. The van der Waals surface area contributed by atoms with Crippen LogP contribution in [0, 0.1) is 18.3 Å². The molecule has 19 heavy (non-hydrogen) atoms. The molecule has 0 aliphatic heterocycles. The lowest BCUT2D eigenvalue weighted by Crippen LogP contribution is -2.36. The number of amides is 1. The maximum Gasteiger partial charge on any atom is 0.261 e. The summed E-state index contributed by atoms with van der Waals surface area (Å²) in [5, 5.41) is 0.640. The fraction of sp³-hybridized carbons (Fsp3) is 0.400. The molecule has 1 aromatic carbocycles. The van der Waals surface area contributed by atoms with Gasteiger partial charge in [0.15, 0.2) is 6.61 Å². The Labute approximate surface area is 118 Å². The number of carbonyl (C=O) groups is 1. The fourth-order valence-electron chi connectivity index (χ4n) is 1.74. The molecule has 0 aromatic heterocycles. The molecule has 100 valence electrons. The molecule has 1 amide bonds. The van der Waals surface area contributed by atoms with Crippen molar-refractivity contribution in [3.63, 3.8) is 0 Å². The normalized spacial score (nSPS) is 13.7. The van der Waals surface area contributed by atoms with E-state index in [1.165, 1.54) is 12.8 Å². The first-order valence-corrected chi connectivity index (χ1v) is 6.66. The maximum atomic E-state index is 12.0. The second kappa shape index (κ2) is 6.49. The van der Waals surface area contributed by atoms with Gasteiger partial charge in [-0.25, -0.2) is 0 Å². The molecule has 0 bridgehead atoms. The van der Waals surface area contributed by atoms with E-state index in [9.17, 15) is 4.79 Å². The number of ether oxygens (including phenoxy) is 1. The molecule has 1 aliphatic carbocycles. The molecule has 0 saturated heterocycles. The second-order valence-corrected chi connectivity index (χ2v) is 5.10. The number of halogens is 1. The molecule has 0 radical (unpaired) electrons. The summed E-state index contributed by atoms with van der Waals surface area (Å²) in [6.45, 7) is 1.10. The third-order valence-corrected chi connectivity index (χ3v) is 3.24. The van der Waals surface area contributed by atoms with E-state index in [4.69, 9.17) is 22.8 Å². The van der Waals surface area contributed by atoms with E-state index in [0.29, 0.717) is 23.2 Å². The van der Waals surface area contributed by atoms with Gasteiger partial charge in [0, 0.05) is 11.6 Å². The van der Waals surface area contributed by atoms with Crippen molar-refractivity contribution in [2.75, 3.05) is 19.7 Å². The summed E-state index contributed by atoms with van der Waals surface area (Å²) in [7, 11) is 0. The van der Waals surface area contributed by atoms with Crippen molar-refractivity contribution in [3.05, 3.63) is 29.3 Å². The van der Waals surface area contributed by atoms with E-state index >= 15 is 0 Å². The molecule has 1 aliphatic rings. The summed E-state index contributed by atoms with van der Waals surface area (Å²) in [4.78, 5) is 13.7. The maximum absolute atomic E-state index is 12.0. The summed E-state index contributed by atoms with van der Waals surface area (Å²) < 4.78 is 5.43. The van der Waals surface area contributed by atoms with Crippen molar-refractivity contribution in [3.8, 4) is 18.1 Å². The van der Waals surface area contributed by atoms with Gasteiger partial charge >= 0.3 is 0 Å². The van der Waals surface area contributed by atoms with Crippen LogP contribution in [0.15, 0.2) is 24.3 Å². The summed E-state index contributed by atoms with van der Waals surface area (Å²) >= 11 is 5.78. The molecule has 2 rings (SSSR count). The van der Waals surface area contributed by atoms with E-state index in [1.807, 2.05) is 0 Å². The lowest BCUT2D eigenvalue weighted by atomic mass is 10.3. The Bertz CT molecular complexity index is 474. The van der Waals surface area contributed by atoms with Gasteiger partial charge in [-0.05, 0) is 43.0 Å². The van der Waals surface area contributed by atoms with Crippen LogP contribution in [-0.4, -0.2) is 30.5 Å². The molecule has 3 nitrogen and oxygen atoms in total. The van der Waals surface area contributed by atoms with Crippen molar-refractivity contribution >= 4 is 17.5 Å². The largest absolute Gasteiger partial charge is 0.484 e. The number of terminal acetylenes is 1. The van der Waals surface area contributed by atoms with Gasteiger partial charge in [0.1, 0.15) is 5.75 Å². The van der Waals surface area contributed by atoms with Crippen molar-refractivity contribution in [2.45, 2.75) is 12.8 Å². The topological polar surface area (TPSA) is 29.5 Å². The highest BCUT2D eigenvalue weighted by molar-refractivity contribution is 6.30. The van der Waals surface area contributed by atoms with Crippen LogP contribution in [0.4, 0.5) is 0 Å². The number of benzene rings is 1. The highest BCUT2D eigenvalue weighted by atomic mass is 35.5. The average Bonchev–Trinajstić information content (AvgIpc) is 3.21. The zero-order chi connectivity index (χ0) is 13.7. The van der Waals surface area contributed by atoms with Crippen LogP contribution in [0.25, 0.3) is 0 Å². The molecule has 1 fully saturated rings. The predicted molar refractivity (Wildman–Crippen MR) is 75.1 cm³/mol. The van der Waals surface area contributed by atoms with Gasteiger partial charge in [0.2, 0.25) is 0 Å². The lowest BCUT2D eigenvalue weighted by molar-refractivity contribution is -0.133. The van der Waals surface area contributed by atoms with Crippen molar-refractivity contribution in [1.82, 2.24) is 4.90 Å². The smallest absolute Gasteiger partial charge is 0.261 e. The van der Waals surface area contributed by atoms with Crippen LogP contribution in [0.3, 0.4) is 0 Å². The zero-order valence-corrected chi connectivity index (χ0v) is 11.4. The van der Waals surface area contributed by atoms with Crippen molar-refractivity contribution in [1.29, 1.82) is 0 Å². The van der Waals surface area contributed by atoms with Gasteiger partial charge in [-0.1, -0.05) is 17.5 Å². The number of hydrogen-bond acceptors (Lipinski definition) is 2. The molecule has 1 aromatic rings. The summed E-state index contributed by atoms with van der Waals surface area (Å²) in [6, 6.07) is 6.93. The molecule has 0 atom stereocenters. The molecular weight excluding hydrogens is 262 g/mol. The number of carbonyl (C=O) groups excluding carboxylic acids is 1. The molecule has 0 unspecified atom stereocenters. The number of hydrogen-bond donors (Lipinski definition) is 0. The average molecular weight is 278 g/mol. The van der Waals surface area contributed by atoms with Gasteiger partial charge < -0.3 is 9.64 Å². The monoisotopic (exact) mass is 277 g/mol. The summed E-state index contributed by atoms with van der Waals surface area (Å²) in [6.07, 6.45) is 7.66. The van der Waals surface area contributed by atoms with Gasteiger partial charge in [-0.2, -0.15) is 0 Å². The molecule has 0 spiro atoms. The predicted octanol–water partition coefficient (Wildman–Crippen LogP) is 2.59. The van der Waals surface area contributed by atoms with E-state index in [-0.39, 0.29) is 12.5 Å². The second-order valence-electron chi connectivity index (χ2n) is 4.66. The Morgan fingerprint density at radius 3 is 2.68 bits per heavy atom. The third-order valence-electron chi connectivity index (χ3n) is 2.99. The highest BCUT2D eigenvalue weighted by Gasteiger charge is 2.26. The minimum atomic E-state index is -0.0696. The lowest BCUT2D eigenvalue weighted by Gasteiger charge is -2.20. The van der Waals surface area contributed by atoms with Gasteiger partial charge in [-0.15, -0.1) is 6.42 Å². The van der Waals surface area contributed by atoms with Gasteiger partial charge in [-0.3, -0.25) is 4.79 Å².